The molecule has 0 amide bonds. The van der Waals surface area contributed by atoms with E-state index in [-0.39, 0.29) is 24.0 Å². The van der Waals surface area contributed by atoms with Gasteiger partial charge in [0, 0.05) is 20.1 Å². The number of rotatable bonds is 8. The van der Waals surface area contributed by atoms with E-state index in [0.717, 1.165) is 42.9 Å². The van der Waals surface area contributed by atoms with Gasteiger partial charge in [-0.2, -0.15) is 0 Å². The minimum atomic E-state index is 0. The van der Waals surface area contributed by atoms with E-state index < -0.39 is 0 Å². The Balaban J connectivity index is 0.00000242. The molecule has 1 fully saturated rings. The maximum absolute atomic E-state index is 5.67. The fourth-order valence-corrected chi connectivity index (χ4v) is 1.92. The lowest BCUT2D eigenvalue weighted by Crippen LogP contribution is -2.39. The Morgan fingerprint density at radius 3 is 2.45 bits per heavy atom. The maximum atomic E-state index is 5.67. The molecule has 0 saturated heterocycles. The van der Waals surface area contributed by atoms with Crippen LogP contribution in [0.3, 0.4) is 0 Å². The van der Waals surface area contributed by atoms with Crippen LogP contribution in [0.2, 0.25) is 0 Å². The Bertz CT molecular complexity index is 447. The number of benzene rings is 1. The van der Waals surface area contributed by atoms with Crippen LogP contribution in [0, 0.1) is 5.92 Å². The van der Waals surface area contributed by atoms with Crippen LogP contribution >= 0.6 is 24.0 Å². The molecule has 5 nitrogen and oxygen atoms in total. The molecule has 0 radical (unpaired) electrons. The van der Waals surface area contributed by atoms with E-state index >= 15 is 0 Å². The van der Waals surface area contributed by atoms with E-state index in [1.165, 1.54) is 12.8 Å². The van der Waals surface area contributed by atoms with Crippen LogP contribution in [0.1, 0.15) is 19.3 Å². The number of hydrogen-bond acceptors (Lipinski definition) is 3. The Hall–Kier alpha value is -1.18. The number of methoxy groups -OCH3 is 1. The van der Waals surface area contributed by atoms with Crippen molar-refractivity contribution in [1.82, 2.24) is 10.6 Å². The van der Waals surface area contributed by atoms with Crippen LogP contribution in [0.25, 0.3) is 0 Å². The molecule has 1 aliphatic carbocycles. The van der Waals surface area contributed by atoms with Gasteiger partial charge in [0.25, 0.3) is 0 Å². The third-order valence-electron chi connectivity index (χ3n) is 3.42. The van der Waals surface area contributed by atoms with Crippen molar-refractivity contribution in [2.45, 2.75) is 19.3 Å². The minimum Gasteiger partial charge on any atom is -0.497 e. The van der Waals surface area contributed by atoms with Crippen LogP contribution in [0.5, 0.6) is 11.5 Å². The van der Waals surface area contributed by atoms with E-state index in [0.29, 0.717) is 6.61 Å². The quantitative estimate of drug-likeness (QED) is 0.295. The summed E-state index contributed by atoms with van der Waals surface area (Å²) in [6.45, 7) is 2.56. The summed E-state index contributed by atoms with van der Waals surface area (Å²) in [5.41, 5.74) is 0. The maximum Gasteiger partial charge on any atom is 0.190 e. The summed E-state index contributed by atoms with van der Waals surface area (Å²) in [4.78, 5) is 4.20. The van der Waals surface area contributed by atoms with E-state index in [9.17, 15) is 0 Å². The standard InChI is InChI=1S/C16H25N3O2.HI/c1-17-16(19-12-13-4-5-13)18-10-3-11-21-15-8-6-14(20-2)7-9-15;/h6-9,13H,3-5,10-12H2,1-2H3,(H2,17,18,19);1H. The molecule has 2 rings (SSSR count). The predicted molar refractivity (Wildman–Crippen MR) is 101 cm³/mol. The highest BCUT2D eigenvalue weighted by molar-refractivity contribution is 14.0. The first kappa shape index (κ1) is 18.9. The zero-order valence-corrected chi connectivity index (χ0v) is 15.6. The van der Waals surface area contributed by atoms with Crippen molar-refractivity contribution in [3.05, 3.63) is 24.3 Å². The highest BCUT2D eigenvalue weighted by Gasteiger charge is 2.20. The van der Waals surface area contributed by atoms with Gasteiger partial charge in [-0.15, -0.1) is 24.0 Å². The van der Waals surface area contributed by atoms with Crippen molar-refractivity contribution >= 4 is 29.9 Å². The highest BCUT2D eigenvalue weighted by atomic mass is 127. The number of ether oxygens (including phenoxy) is 2. The van der Waals surface area contributed by atoms with Gasteiger partial charge >= 0.3 is 0 Å². The van der Waals surface area contributed by atoms with Gasteiger partial charge in [-0.05, 0) is 49.4 Å². The minimum absolute atomic E-state index is 0. The molecule has 124 valence electrons. The summed E-state index contributed by atoms with van der Waals surface area (Å²) in [6, 6.07) is 7.64. The Morgan fingerprint density at radius 1 is 1.18 bits per heavy atom. The molecular weight excluding hydrogens is 393 g/mol. The molecule has 0 aliphatic heterocycles. The van der Waals surface area contributed by atoms with Crippen LogP contribution in [-0.4, -0.2) is 39.8 Å². The molecule has 6 heteroatoms. The molecule has 22 heavy (non-hydrogen) atoms. The number of hydrogen-bond donors (Lipinski definition) is 2. The monoisotopic (exact) mass is 419 g/mol. The number of aliphatic imine (C=N–C) groups is 1. The Kier molecular flexibility index (Phi) is 9.03. The smallest absolute Gasteiger partial charge is 0.190 e. The highest BCUT2D eigenvalue weighted by Crippen LogP contribution is 2.27. The SMILES string of the molecule is CN=C(NCCCOc1ccc(OC)cc1)NCC1CC1.I. The van der Waals surface area contributed by atoms with E-state index in [2.05, 4.69) is 15.6 Å². The van der Waals surface area contributed by atoms with Crippen molar-refractivity contribution in [3.63, 3.8) is 0 Å². The molecule has 1 saturated carbocycles. The molecule has 1 aromatic rings. The van der Waals surface area contributed by atoms with Crippen LogP contribution in [-0.2, 0) is 0 Å². The van der Waals surface area contributed by atoms with Gasteiger partial charge in [0.15, 0.2) is 5.96 Å². The van der Waals surface area contributed by atoms with Crippen molar-refractivity contribution in [2.24, 2.45) is 10.9 Å². The third kappa shape index (κ3) is 7.20. The summed E-state index contributed by atoms with van der Waals surface area (Å²) < 4.78 is 10.8. The molecular formula is C16H26IN3O2. The second kappa shape index (κ2) is 10.5. The Labute approximate surface area is 149 Å². The summed E-state index contributed by atoms with van der Waals surface area (Å²) >= 11 is 0. The molecule has 1 aromatic carbocycles. The van der Waals surface area contributed by atoms with Crippen LogP contribution < -0.4 is 20.1 Å². The molecule has 0 aromatic heterocycles. The van der Waals surface area contributed by atoms with Gasteiger partial charge in [0.2, 0.25) is 0 Å². The van der Waals surface area contributed by atoms with Gasteiger partial charge in [-0.3, -0.25) is 4.99 Å². The lowest BCUT2D eigenvalue weighted by Gasteiger charge is -2.12. The molecule has 0 unspecified atom stereocenters. The van der Waals surface area contributed by atoms with Crippen LogP contribution in [0.15, 0.2) is 29.3 Å². The number of nitrogens with one attached hydrogen (secondary N) is 2. The Morgan fingerprint density at radius 2 is 1.86 bits per heavy atom. The summed E-state index contributed by atoms with van der Waals surface area (Å²) in [7, 11) is 3.46. The largest absolute Gasteiger partial charge is 0.497 e. The predicted octanol–water partition coefficient (Wildman–Crippen LogP) is 2.66. The molecule has 0 atom stereocenters. The normalized spacial score (nSPS) is 14.0. The lowest BCUT2D eigenvalue weighted by molar-refractivity contribution is 0.310. The second-order valence-electron chi connectivity index (χ2n) is 5.20. The average Bonchev–Trinajstić information content (AvgIpc) is 3.35. The summed E-state index contributed by atoms with van der Waals surface area (Å²) in [6.07, 6.45) is 3.62. The lowest BCUT2D eigenvalue weighted by atomic mass is 10.3. The van der Waals surface area contributed by atoms with Crippen molar-refractivity contribution in [1.29, 1.82) is 0 Å². The fraction of sp³-hybridized carbons (Fsp3) is 0.562. The molecule has 0 bridgehead atoms. The molecule has 0 spiro atoms. The fourth-order valence-electron chi connectivity index (χ4n) is 1.92. The number of nitrogens with zero attached hydrogens (tertiary/aromatic N) is 1. The van der Waals surface area contributed by atoms with Gasteiger partial charge in [-0.1, -0.05) is 0 Å². The summed E-state index contributed by atoms with van der Waals surface area (Å²) in [5.74, 6) is 3.44. The third-order valence-corrected chi connectivity index (χ3v) is 3.42. The van der Waals surface area contributed by atoms with E-state index in [1.807, 2.05) is 24.3 Å². The van der Waals surface area contributed by atoms with Crippen LogP contribution in [0.4, 0.5) is 0 Å². The van der Waals surface area contributed by atoms with Gasteiger partial charge < -0.3 is 20.1 Å². The van der Waals surface area contributed by atoms with Gasteiger partial charge in [0.05, 0.1) is 13.7 Å². The first-order chi connectivity index (χ1) is 10.3. The molecule has 2 N–H and O–H groups in total. The summed E-state index contributed by atoms with van der Waals surface area (Å²) in [5, 5.41) is 6.63. The topological polar surface area (TPSA) is 54.9 Å². The average molecular weight is 419 g/mol. The number of halogens is 1. The van der Waals surface area contributed by atoms with E-state index in [4.69, 9.17) is 9.47 Å². The zero-order chi connectivity index (χ0) is 14.9. The van der Waals surface area contributed by atoms with E-state index in [1.54, 1.807) is 14.2 Å². The zero-order valence-electron chi connectivity index (χ0n) is 13.3. The van der Waals surface area contributed by atoms with Crippen molar-refractivity contribution in [2.75, 3.05) is 33.9 Å². The molecule has 0 heterocycles. The first-order valence-electron chi connectivity index (χ1n) is 7.53. The van der Waals surface area contributed by atoms with Crippen molar-refractivity contribution < 1.29 is 9.47 Å². The second-order valence-corrected chi connectivity index (χ2v) is 5.20. The molecule has 1 aliphatic rings. The van der Waals surface area contributed by atoms with Gasteiger partial charge in [-0.25, -0.2) is 0 Å². The van der Waals surface area contributed by atoms with Crippen molar-refractivity contribution in [3.8, 4) is 11.5 Å². The number of guanidine groups is 1. The van der Waals surface area contributed by atoms with Gasteiger partial charge in [0.1, 0.15) is 11.5 Å². The first-order valence-corrected chi connectivity index (χ1v) is 7.53.